The van der Waals surface area contributed by atoms with E-state index in [2.05, 4.69) is 0 Å². The van der Waals surface area contributed by atoms with E-state index < -0.39 is 92.1 Å². The molecule has 14 heteroatoms. The van der Waals surface area contributed by atoms with Crippen molar-refractivity contribution in [3.05, 3.63) is 17.7 Å². The molecule has 1 aliphatic rings. The monoisotopic (exact) mass is 466 g/mol. The zero-order valence-corrected chi connectivity index (χ0v) is 16.6. The number of hydrogen-bond donors (Lipinski definition) is 10. The van der Waals surface area contributed by atoms with Crippen LogP contribution in [0.5, 0.6) is 17.2 Å². The average molecular weight is 466 g/mol. The lowest BCUT2D eigenvalue weighted by molar-refractivity contribution is -0.329. The largest absolute Gasteiger partial charge is 0.504 e. The fourth-order valence-corrected chi connectivity index (χ4v) is 2.88. The van der Waals surface area contributed by atoms with E-state index in [1.807, 2.05) is 0 Å². The Hall–Kier alpha value is -2.27. The Morgan fingerprint density at radius 1 is 1.00 bits per heavy atom. The second-order valence-corrected chi connectivity index (χ2v) is 7.20. The van der Waals surface area contributed by atoms with Crippen LogP contribution in [-0.2, 0) is 14.2 Å². The third-order valence-corrected chi connectivity index (χ3v) is 4.96. The zero-order chi connectivity index (χ0) is 24.2. The topological polar surface area (TPSA) is 247 Å². The molecule has 0 unspecified atom stereocenters. The number of aliphatic hydroxyl groups excluding tert-OH is 6. The van der Waals surface area contributed by atoms with Gasteiger partial charge in [-0.2, -0.15) is 0 Å². The number of ether oxygens (including phenoxy) is 3. The zero-order valence-electron chi connectivity index (χ0n) is 16.6. The van der Waals surface area contributed by atoms with Crippen molar-refractivity contribution in [3.8, 4) is 17.2 Å². The number of carbonyl (C=O) groups excluding carboxylic acids is 1. The van der Waals surface area contributed by atoms with Gasteiger partial charge in [0.15, 0.2) is 23.5 Å². The molecule has 0 aliphatic carbocycles. The number of esters is 1. The van der Waals surface area contributed by atoms with Gasteiger partial charge in [0.25, 0.3) is 0 Å². The highest BCUT2D eigenvalue weighted by atomic mass is 16.7. The Balaban J connectivity index is 2.10. The second-order valence-electron chi connectivity index (χ2n) is 7.20. The van der Waals surface area contributed by atoms with E-state index in [9.17, 15) is 55.9 Å². The van der Waals surface area contributed by atoms with Crippen molar-refractivity contribution >= 4 is 5.97 Å². The van der Waals surface area contributed by atoms with Gasteiger partial charge in [-0.25, -0.2) is 4.79 Å². The molecule has 182 valence electrons. The third kappa shape index (κ3) is 5.37. The minimum absolute atomic E-state index is 0.368. The summed E-state index contributed by atoms with van der Waals surface area (Å²) in [7, 11) is 0. The molecule has 0 spiro atoms. The number of aliphatic hydroxyl groups is 7. The molecule has 14 nitrogen and oxygen atoms in total. The fraction of sp³-hybridized carbons (Fsp3) is 0.611. The van der Waals surface area contributed by atoms with Gasteiger partial charge in [0, 0.05) is 0 Å². The lowest BCUT2D eigenvalue weighted by Gasteiger charge is -2.42. The van der Waals surface area contributed by atoms with Crippen molar-refractivity contribution in [3.63, 3.8) is 0 Å². The van der Waals surface area contributed by atoms with E-state index >= 15 is 0 Å². The summed E-state index contributed by atoms with van der Waals surface area (Å²) in [5.41, 5.74) is -2.70. The Morgan fingerprint density at radius 2 is 1.56 bits per heavy atom. The molecule has 1 saturated heterocycles. The molecule has 6 atom stereocenters. The summed E-state index contributed by atoms with van der Waals surface area (Å²) < 4.78 is 15.4. The molecular formula is C18H26O14. The minimum Gasteiger partial charge on any atom is -0.504 e. The van der Waals surface area contributed by atoms with Crippen LogP contribution in [0.2, 0.25) is 0 Å². The number of rotatable bonds is 9. The van der Waals surface area contributed by atoms with Crippen molar-refractivity contribution in [2.75, 3.05) is 26.4 Å². The number of aromatic hydroxyl groups is 3. The number of phenols is 3. The maximum absolute atomic E-state index is 12.1. The van der Waals surface area contributed by atoms with E-state index in [0.29, 0.717) is 0 Å². The van der Waals surface area contributed by atoms with Crippen LogP contribution in [0, 0.1) is 0 Å². The highest BCUT2D eigenvalue weighted by Gasteiger charge is 2.48. The molecule has 32 heavy (non-hydrogen) atoms. The van der Waals surface area contributed by atoms with Gasteiger partial charge in [-0.1, -0.05) is 0 Å². The molecular weight excluding hydrogens is 440 g/mol. The van der Waals surface area contributed by atoms with Crippen molar-refractivity contribution in [1.82, 2.24) is 0 Å². The highest BCUT2D eigenvalue weighted by molar-refractivity contribution is 5.91. The summed E-state index contributed by atoms with van der Waals surface area (Å²) in [5.74, 6) is -3.57. The summed E-state index contributed by atoms with van der Waals surface area (Å²) in [6.07, 6.45) is -10.5. The first-order valence-electron chi connectivity index (χ1n) is 9.31. The van der Waals surface area contributed by atoms with Gasteiger partial charge in [0.2, 0.25) is 0 Å². The van der Waals surface area contributed by atoms with E-state index in [1.165, 1.54) is 0 Å². The Bertz CT molecular complexity index is 758. The van der Waals surface area contributed by atoms with Gasteiger partial charge < -0.3 is 65.3 Å². The average Bonchev–Trinajstić information content (AvgIpc) is 2.78. The first kappa shape index (κ1) is 26.0. The van der Waals surface area contributed by atoms with Crippen molar-refractivity contribution in [2.45, 2.75) is 42.4 Å². The SMILES string of the molecule is O=C(OC[C@H]1O[C@@H](O[C@@H](CO)C(O)(CO)CO)[C@H](O)[C@@H](O)[C@@H]1O)c1cc(O)c(O)c(O)c1. The van der Waals surface area contributed by atoms with Gasteiger partial charge in [-0.3, -0.25) is 0 Å². The third-order valence-electron chi connectivity index (χ3n) is 4.96. The maximum Gasteiger partial charge on any atom is 0.338 e. The van der Waals surface area contributed by atoms with Crippen molar-refractivity contribution in [1.29, 1.82) is 0 Å². The fourth-order valence-electron chi connectivity index (χ4n) is 2.88. The molecule has 10 N–H and O–H groups in total. The number of carbonyl (C=O) groups is 1. The quantitative estimate of drug-likeness (QED) is 0.123. The predicted molar refractivity (Wildman–Crippen MR) is 99.5 cm³/mol. The molecule has 0 radical (unpaired) electrons. The van der Waals surface area contributed by atoms with Gasteiger partial charge >= 0.3 is 5.97 Å². The van der Waals surface area contributed by atoms with Crippen LogP contribution in [0.15, 0.2) is 12.1 Å². The Morgan fingerprint density at radius 3 is 2.06 bits per heavy atom. The van der Waals surface area contributed by atoms with Crippen LogP contribution in [0.3, 0.4) is 0 Å². The number of phenolic OH excluding ortho intramolecular Hbond substituents is 3. The van der Waals surface area contributed by atoms with E-state index in [-0.39, 0.29) is 5.56 Å². The normalized spacial score (nSPS) is 27.2. The molecule has 1 aliphatic heterocycles. The van der Waals surface area contributed by atoms with Gasteiger partial charge in [-0.05, 0) is 12.1 Å². The number of benzene rings is 1. The lowest BCUT2D eigenvalue weighted by Crippen LogP contribution is -2.62. The predicted octanol–water partition coefficient (Wildman–Crippen LogP) is -4.14. The van der Waals surface area contributed by atoms with Crippen LogP contribution >= 0.6 is 0 Å². The molecule has 0 saturated carbocycles. The van der Waals surface area contributed by atoms with Crippen LogP contribution in [0.4, 0.5) is 0 Å². The highest BCUT2D eigenvalue weighted by Crippen LogP contribution is 2.35. The van der Waals surface area contributed by atoms with Crippen LogP contribution < -0.4 is 0 Å². The summed E-state index contributed by atoms with van der Waals surface area (Å²) in [6, 6.07) is 1.60. The molecule has 1 aromatic rings. The van der Waals surface area contributed by atoms with Crippen molar-refractivity contribution < 1.29 is 70.1 Å². The van der Waals surface area contributed by atoms with E-state index in [1.54, 1.807) is 0 Å². The molecule has 2 rings (SSSR count). The van der Waals surface area contributed by atoms with Crippen molar-refractivity contribution in [2.24, 2.45) is 0 Å². The maximum atomic E-state index is 12.1. The summed E-state index contributed by atoms with van der Waals surface area (Å²) in [4.78, 5) is 12.1. The number of hydrogen-bond acceptors (Lipinski definition) is 14. The summed E-state index contributed by atoms with van der Waals surface area (Å²) in [5, 5.41) is 96.5. The summed E-state index contributed by atoms with van der Waals surface area (Å²) >= 11 is 0. The molecule has 1 aromatic carbocycles. The van der Waals surface area contributed by atoms with E-state index in [0.717, 1.165) is 12.1 Å². The molecule has 1 fully saturated rings. The van der Waals surface area contributed by atoms with Gasteiger partial charge in [0.1, 0.15) is 42.7 Å². The minimum atomic E-state index is -2.33. The molecule has 0 amide bonds. The first-order chi connectivity index (χ1) is 15.0. The lowest BCUT2D eigenvalue weighted by atomic mass is 9.97. The summed E-state index contributed by atoms with van der Waals surface area (Å²) in [6.45, 7) is -3.72. The Kier molecular flexibility index (Phi) is 8.58. The Labute approximate surface area is 180 Å². The standard InChI is InChI=1S/C18H26O14/c19-3-11(18(29,5-20)6-21)32-17-15(27)14(26)13(25)10(31-17)4-30-16(28)7-1-8(22)12(24)9(23)2-7/h1-2,10-11,13-15,17,19-27,29H,3-6H2/t10-,11+,13-,14+,15-,17+/m1/s1. The van der Waals surface area contributed by atoms with Crippen LogP contribution in [-0.4, -0.2) is 126 Å². The van der Waals surface area contributed by atoms with Gasteiger partial charge in [0.05, 0.1) is 25.4 Å². The first-order valence-corrected chi connectivity index (χ1v) is 9.31. The molecule has 0 bridgehead atoms. The van der Waals surface area contributed by atoms with Crippen LogP contribution in [0.25, 0.3) is 0 Å². The van der Waals surface area contributed by atoms with Crippen LogP contribution in [0.1, 0.15) is 10.4 Å². The van der Waals surface area contributed by atoms with Gasteiger partial charge in [-0.15, -0.1) is 0 Å². The second kappa shape index (κ2) is 10.6. The molecule has 1 heterocycles. The smallest absolute Gasteiger partial charge is 0.338 e. The van der Waals surface area contributed by atoms with E-state index in [4.69, 9.17) is 14.2 Å². The molecule has 0 aromatic heterocycles.